The normalized spacial score (nSPS) is 10.4. The minimum Gasteiger partial charge on any atom is -0.394 e. The minimum atomic E-state index is 0.0675. The van der Waals surface area contributed by atoms with Crippen molar-refractivity contribution in [1.82, 2.24) is 0 Å². The Kier molecular flexibility index (Phi) is 28.8. The third kappa shape index (κ3) is 30.2. The summed E-state index contributed by atoms with van der Waals surface area (Å²) in [7, 11) is 4.93. The second kappa shape index (κ2) is 26.6. The van der Waals surface area contributed by atoms with Gasteiger partial charge in [-0.1, -0.05) is 0 Å². The van der Waals surface area contributed by atoms with Crippen LogP contribution in [0.15, 0.2) is 0 Å². The Labute approximate surface area is 139 Å². The van der Waals surface area contributed by atoms with Crippen molar-refractivity contribution in [1.29, 1.82) is 0 Å². The van der Waals surface area contributed by atoms with Crippen molar-refractivity contribution in [3.8, 4) is 0 Å². The van der Waals surface area contributed by atoms with Gasteiger partial charge >= 0.3 is 0 Å². The highest BCUT2D eigenvalue weighted by molar-refractivity contribution is 4.32. The summed E-state index contributed by atoms with van der Waals surface area (Å²) in [5, 5.41) is 8.32. The highest BCUT2D eigenvalue weighted by atomic mass is 16.6. The number of aliphatic hydroxyl groups excluding tert-OH is 1. The maximum Gasteiger partial charge on any atom is 0.0701 e. The van der Waals surface area contributed by atoms with Crippen molar-refractivity contribution in [3.63, 3.8) is 0 Å². The Balaban J connectivity index is 0. The first kappa shape index (κ1) is 24.9. The molecule has 0 heterocycles. The summed E-state index contributed by atoms with van der Waals surface area (Å²) >= 11 is 0. The largest absolute Gasteiger partial charge is 0.394 e. The van der Waals surface area contributed by atoms with Crippen LogP contribution in [0.5, 0.6) is 0 Å². The lowest BCUT2D eigenvalue weighted by molar-refractivity contribution is 0.0106. The fourth-order valence-corrected chi connectivity index (χ4v) is 1.14. The van der Waals surface area contributed by atoms with Crippen LogP contribution in [-0.2, 0) is 33.2 Å². The number of ether oxygens (including phenoxy) is 7. The molecule has 0 rings (SSSR count). The van der Waals surface area contributed by atoms with E-state index in [4.69, 9.17) is 38.3 Å². The lowest BCUT2D eigenvalue weighted by atomic mass is 10.7. The average Bonchev–Trinajstić information content (AvgIpc) is 2.57. The molecule has 142 valence electrons. The van der Waals surface area contributed by atoms with Crippen LogP contribution in [0.4, 0.5) is 0 Å². The predicted octanol–water partition coefficient (Wildman–Crippen LogP) is -0.0293. The van der Waals surface area contributed by atoms with E-state index in [0.717, 1.165) is 0 Å². The molecule has 0 saturated carbocycles. The summed E-state index contributed by atoms with van der Waals surface area (Å²) in [5.41, 5.74) is 0. The summed E-state index contributed by atoms with van der Waals surface area (Å²) < 4.78 is 34.7. The Morgan fingerprint density at radius 2 is 0.696 bits per heavy atom. The second-order valence-corrected chi connectivity index (χ2v) is 4.15. The Morgan fingerprint density at radius 3 is 0.957 bits per heavy atom. The van der Waals surface area contributed by atoms with E-state index in [1.54, 1.807) is 21.3 Å². The molecule has 1 N–H and O–H groups in total. The molecule has 0 radical (unpaired) electrons. The zero-order chi connectivity index (χ0) is 17.4. The molecule has 0 amide bonds. The standard InChI is InChI=1S/C8H18O4.C7H16O4/c1-9-3-5-11-7-8-12-6-4-10-2;1-9-4-5-11-7-6-10-3-2-8/h3-8H2,1-2H3;8H,2-7H2,1H3. The minimum absolute atomic E-state index is 0.0675. The van der Waals surface area contributed by atoms with Gasteiger partial charge in [-0.3, -0.25) is 0 Å². The van der Waals surface area contributed by atoms with Crippen molar-refractivity contribution in [3.05, 3.63) is 0 Å². The number of rotatable bonds is 17. The SMILES string of the molecule is COCCOCCOCCO.COCCOCCOCCOC. The molecular formula is C15H34O8. The third-order valence-corrected chi connectivity index (χ3v) is 2.28. The van der Waals surface area contributed by atoms with Crippen molar-refractivity contribution >= 4 is 0 Å². The van der Waals surface area contributed by atoms with E-state index in [0.29, 0.717) is 72.7 Å². The maximum absolute atomic E-state index is 8.32. The average molecular weight is 342 g/mol. The topological polar surface area (TPSA) is 84.8 Å². The van der Waals surface area contributed by atoms with Gasteiger partial charge in [0, 0.05) is 21.3 Å². The van der Waals surface area contributed by atoms with Gasteiger partial charge in [0.15, 0.2) is 0 Å². The molecular weight excluding hydrogens is 308 g/mol. The van der Waals surface area contributed by atoms with Crippen LogP contribution in [0, 0.1) is 0 Å². The second-order valence-electron chi connectivity index (χ2n) is 4.15. The van der Waals surface area contributed by atoms with Crippen molar-refractivity contribution in [2.45, 2.75) is 0 Å². The van der Waals surface area contributed by atoms with Gasteiger partial charge < -0.3 is 38.3 Å². The molecule has 0 spiro atoms. The van der Waals surface area contributed by atoms with Gasteiger partial charge in [0.25, 0.3) is 0 Å². The quantitative estimate of drug-likeness (QED) is 0.369. The lowest BCUT2D eigenvalue weighted by Crippen LogP contribution is -2.10. The van der Waals surface area contributed by atoms with Gasteiger partial charge in [0.1, 0.15) is 0 Å². The molecule has 0 saturated heterocycles. The van der Waals surface area contributed by atoms with Crippen LogP contribution in [-0.4, -0.2) is 106 Å². The summed E-state index contributed by atoms with van der Waals surface area (Å²) in [6.45, 7) is 6.52. The van der Waals surface area contributed by atoms with E-state index >= 15 is 0 Å². The summed E-state index contributed by atoms with van der Waals surface area (Å²) in [5.74, 6) is 0. The molecule has 0 aromatic carbocycles. The van der Waals surface area contributed by atoms with E-state index < -0.39 is 0 Å². The first-order valence-electron chi connectivity index (χ1n) is 7.72. The summed E-state index contributed by atoms with van der Waals surface area (Å²) in [4.78, 5) is 0. The Hall–Kier alpha value is -0.320. The maximum atomic E-state index is 8.32. The summed E-state index contributed by atoms with van der Waals surface area (Å²) in [6.07, 6.45) is 0. The molecule has 0 fully saturated rings. The highest BCUT2D eigenvalue weighted by Crippen LogP contribution is 1.80. The van der Waals surface area contributed by atoms with E-state index in [2.05, 4.69) is 0 Å². The zero-order valence-corrected chi connectivity index (χ0v) is 14.8. The predicted molar refractivity (Wildman–Crippen MR) is 86.0 cm³/mol. The molecule has 0 unspecified atom stereocenters. The van der Waals surface area contributed by atoms with Crippen LogP contribution >= 0.6 is 0 Å². The van der Waals surface area contributed by atoms with E-state index in [9.17, 15) is 0 Å². The number of hydrogen-bond acceptors (Lipinski definition) is 8. The van der Waals surface area contributed by atoms with E-state index in [-0.39, 0.29) is 6.61 Å². The van der Waals surface area contributed by atoms with Crippen molar-refractivity contribution in [2.75, 3.05) is 101 Å². The van der Waals surface area contributed by atoms with Gasteiger partial charge in [-0.15, -0.1) is 0 Å². The van der Waals surface area contributed by atoms with Crippen LogP contribution < -0.4 is 0 Å². The Bertz CT molecular complexity index is 165. The monoisotopic (exact) mass is 342 g/mol. The molecule has 8 nitrogen and oxygen atoms in total. The van der Waals surface area contributed by atoms with Crippen LogP contribution in [0.1, 0.15) is 0 Å². The van der Waals surface area contributed by atoms with E-state index in [1.807, 2.05) is 0 Å². The zero-order valence-electron chi connectivity index (χ0n) is 14.8. The van der Waals surface area contributed by atoms with Crippen LogP contribution in [0.25, 0.3) is 0 Å². The first-order valence-corrected chi connectivity index (χ1v) is 7.72. The molecule has 0 bridgehead atoms. The lowest BCUT2D eigenvalue weighted by Gasteiger charge is -2.04. The molecule has 8 heteroatoms. The fourth-order valence-electron chi connectivity index (χ4n) is 1.14. The van der Waals surface area contributed by atoms with Gasteiger partial charge in [-0.25, -0.2) is 0 Å². The smallest absolute Gasteiger partial charge is 0.0701 e. The number of hydrogen-bond donors (Lipinski definition) is 1. The van der Waals surface area contributed by atoms with Crippen molar-refractivity contribution in [2.24, 2.45) is 0 Å². The van der Waals surface area contributed by atoms with Gasteiger partial charge in [0.05, 0.1) is 79.3 Å². The first-order chi connectivity index (χ1) is 11.3. The van der Waals surface area contributed by atoms with Crippen molar-refractivity contribution < 1.29 is 38.3 Å². The molecule has 0 aromatic rings. The molecule has 0 aliphatic heterocycles. The third-order valence-electron chi connectivity index (χ3n) is 2.28. The van der Waals surface area contributed by atoms with Crippen LogP contribution in [0.2, 0.25) is 0 Å². The highest BCUT2D eigenvalue weighted by Gasteiger charge is 1.89. The Morgan fingerprint density at radius 1 is 0.435 bits per heavy atom. The summed E-state index contributed by atoms with van der Waals surface area (Å²) in [6, 6.07) is 0. The molecule has 0 aliphatic rings. The van der Waals surface area contributed by atoms with Gasteiger partial charge in [-0.2, -0.15) is 0 Å². The number of methoxy groups -OCH3 is 3. The molecule has 0 atom stereocenters. The molecule has 0 aromatic heterocycles. The number of aliphatic hydroxyl groups is 1. The fraction of sp³-hybridized carbons (Fsp3) is 1.00. The molecule has 0 aliphatic carbocycles. The van der Waals surface area contributed by atoms with Gasteiger partial charge in [0.2, 0.25) is 0 Å². The van der Waals surface area contributed by atoms with E-state index in [1.165, 1.54) is 0 Å². The van der Waals surface area contributed by atoms with Crippen LogP contribution in [0.3, 0.4) is 0 Å². The van der Waals surface area contributed by atoms with Gasteiger partial charge in [-0.05, 0) is 0 Å². The molecule has 23 heavy (non-hydrogen) atoms.